The molecule has 0 saturated carbocycles. The van der Waals surface area contributed by atoms with Gasteiger partial charge in [-0.25, -0.2) is 0 Å². The number of hydrogen-bond acceptors (Lipinski definition) is 5. The zero-order chi connectivity index (χ0) is 18.4. The van der Waals surface area contributed by atoms with Crippen LogP contribution < -0.4 is 0 Å². The lowest BCUT2D eigenvalue weighted by atomic mass is 10.2. The van der Waals surface area contributed by atoms with Crippen molar-refractivity contribution in [2.75, 3.05) is 13.6 Å². The minimum Gasteiger partial charge on any atom is -0.345 e. The van der Waals surface area contributed by atoms with Crippen molar-refractivity contribution in [1.29, 1.82) is 0 Å². The van der Waals surface area contributed by atoms with Crippen LogP contribution in [0.3, 0.4) is 0 Å². The molecule has 1 amide bonds. The van der Waals surface area contributed by atoms with Gasteiger partial charge in [0.2, 0.25) is 17.6 Å². The van der Waals surface area contributed by atoms with E-state index in [0.29, 0.717) is 41.7 Å². The van der Waals surface area contributed by atoms with Crippen molar-refractivity contribution >= 4 is 17.5 Å². The highest BCUT2D eigenvalue weighted by atomic mass is 35.5. The Hall–Kier alpha value is -2.73. The molecular formula is C19H19ClN4O2. The lowest BCUT2D eigenvalue weighted by Gasteiger charge is -2.16. The van der Waals surface area contributed by atoms with Crippen molar-refractivity contribution in [1.82, 2.24) is 20.0 Å². The number of aromatic nitrogens is 3. The lowest BCUT2D eigenvalue weighted by Crippen LogP contribution is -2.29. The van der Waals surface area contributed by atoms with Gasteiger partial charge in [0.05, 0.1) is 5.02 Å². The summed E-state index contributed by atoms with van der Waals surface area (Å²) < 4.78 is 5.24. The Morgan fingerprint density at radius 3 is 2.69 bits per heavy atom. The monoisotopic (exact) mass is 370 g/mol. The molecule has 0 N–H and O–H groups in total. The van der Waals surface area contributed by atoms with Crippen molar-refractivity contribution in [3.63, 3.8) is 0 Å². The van der Waals surface area contributed by atoms with Crippen molar-refractivity contribution in [3.05, 3.63) is 65.3 Å². The van der Waals surface area contributed by atoms with Crippen molar-refractivity contribution in [3.8, 4) is 11.4 Å². The van der Waals surface area contributed by atoms with E-state index in [4.69, 9.17) is 16.1 Å². The number of carbonyl (C=O) groups is 1. The molecule has 6 nitrogen and oxygen atoms in total. The van der Waals surface area contributed by atoms with Gasteiger partial charge < -0.3 is 9.42 Å². The second-order valence-electron chi connectivity index (χ2n) is 5.91. The molecule has 3 rings (SSSR count). The molecule has 134 valence electrons. The molecule has 0 radical (unpaired) electrons. The molecule has 0 aliphatic carbocycles. The first-order valence-electron chi connectivity index (χ1n) is 8.34. The second-order valence-corrected chi connectivity index (χ2v) is 6.32. The first-order valence-corrected chi connectivity index (χ1v) is 8.71. The van der Waals surface area contributed by atoms with Gasteiger partial charge >= 0.3 is 0 Å². The van der Waals surface area contributed by atoms with Gasteiger partial charge in [-0.3, -0.25) is 9.78 Å². The molecule has 2 aromatic heterocycles. The predicted molar refractivity (Wildman–Crippen MR) is 98.6 cm³/mol. The van der Waals surface area contributed by atoms with Crippen LogP contribution in [0.5, 0.6) is 0 Å². The van der Waals surface area contributed by atoms with E-state index in [-0.39, 0.29) is 5.91 Å². The summed E-state index contributed by atoms with van der Waals surface area (Å²) >= 11 is 6.14. The van der Waals surface area contributed by atoms with Crippen LogP contribution in [0.2, 0.25) is 5.02 Å². The number of benzene rings is 1. The van der Waals surface area contributed by atoms with E-state index in [2.05, 4.69) is 15.1 Å². The van der Waals surface area contributed by atoms with E-state index in [9.17, 15) is 4.79 Å². The number of rotatable bonds is 7. The van der Waals surface area contributed by atoms with Crippen LogP contribution in [0.1, 0.15) is 17.9 Å². The molecule has 0 bridgehead atoms. The average molecular weight is 371 g/mol. The maximum Gasteiger partial charge on any atom is 0.227 e. The number of halogens is 1. The predicted octanol–water partition coefficient (Wildman–Crippen LogP) is 3.42. The number of carbonyl (C=O) groups excluding carboxylic acids is 1. The topological polar surface area (TPSA) is 72.1 Å². The molecule has 0 saturated heterocycles. The highest BCUT2D eigenvalue weighted by molar-refractivity contribution is 6.33. The number of likely N-dealkylation sites (N-methyl/N-ethyl adjacent to an activating group) is 1. The van der Waals surface area contributed by atoms with E-state index in [1.54, 1.807) is 30.4 Å². The van der Waals surface area contributed by atoms with Gasteiger partial charge in [-0.05, 0) is 36.2 Å². The number of pyridine rings is 1. The molecule has 0 aliphatic heterocycles. The normalized spacial score (nSPS) is 10.7. The third-order valence-electron chi connectivity index (χ3n) is 4.05. The number of amides is 1. The molecule has 0 unspecified atom stereocenters. The van der Waals surface area contributed by atoms with Gasteiger partial charge in [0.1, 0.15) is 0 Å². The summed E-state index contributed by atoms with van der Waals surface area (Å²) in [5.74, 6) is 0.899. The molecule has 0 atom stereocenters. The quantitative estimate of drug-likeness (QED) is 0.637. The number of aryl methyl sites for hydroxylation is 1. The van der Waals surface area contributed by atoms with Gasteiger partial charge in [-0.1, -0.05) is 28.9 Å². The van der Waals surface area contributed by atoms with Crippen LogP contribution in [0.4, 0.5) is 0 Å². The Bertz CT molecular complexity index is 867. The molecule has 0 fully saturated rings. The van der Waals surface area contributed by atoms with Crippen molar-refractivity contribution < 1.29 is 9.32 Å². The lowest BCUT2D eigenvalue weighted by molar-refractivity contribution is -0.129. The van der Waals surface area contributed by atoms with Gasteiger partial charge in [0.15, 0.2) is 0 Å². The van der Waals surface area contributed by atoms with E-state index in [1.807, 2.05) is 30.3 Å². The Balaban J connectivity index is 1.51. The minimum atomic E-state index is 0.0385. The van der Waals surface area contributed by atoms with Crippen LogP contribution >= 0.6 is 11.6 Å². The number of hydrogen-bond donors (Lipinski definition) is 0. The largest absolute Gasteiger partial charge is 0.345 e. The third-order valence-corrected chi connectivity index (χ3v) is 4.38. The fourth-order valence-electron chi connectivity index (χ4n) is 2.48. The summed E-state index contributed by atoms with van der Waals surface area (Å²) in [6, 6.07) is 11.2. The SMILES string of the molecule is CN(CCc1ccncc1)C(=O)CCc1nc(-c2ccccc2Cl)no1. The fraction of sp³-hybridized carbons (Fsp3) is 0.263. The molecule has 0 aliphatic rings. The second kappa shape index (κ2) is 8.58. The Kier molecular flexibility index (Phi) is 5.96. The van der Waals surface area contributed by atoms with Crippen molar-refractivity contribution in [2.45, 2.75) is 19.3 Å². The summed E-state index contributed by atoms with van der Waals surface area (Å²) in [6.45, 7) is 0.650. The molecule has 0 spiro atoms. The van der Waals surface area contributed by atoms with Crippen LogP contribution in [0.15, 0.2) is 53.3 Å². The molecule has 2 heterocycles. The molecule has 3 aromatic rings. The van der Waals surface area contributed by atoms with E-state index >= 15 is 0 Å². The van der Waals surface area contributed by atoms with Gasteiger partial charge in [0.25, 0.3) is 0 Å². The molecular weight excluding hydrogens is 352 g/mol. The summed E-state index contributed by atoms with van der Waals surface area (Å²) in [6.07, 6.45) is 5.02. The first-order chi connectivity index (χ1) is 12.6. The molecule has 7 heteroatoms. The maximum absolute atomic E-state index is 12.3. The van der Waals surface area contributed by atoms with Crippen molar-refractivity contribution in [2.24, 2.45) is 0 Å². The summed E-state index contributed by atoms with van der Waals surface area (Å²) in [7, 11) is 1.80. The average Bonchev–Trinajstić information content (AvgIpc) is 3.14. The van der Waals surface area contributed by atoms with E-state index in [0.717, 1.165) is 12.0 Å². The standard InChI is InChI=1S/C19H19ClN4O2/c1-24(13-10-14-8-11-21-12-9-14)18(25)7-6-17-22-19(23-26-17)15-4-2-3-5-16(15)20/h2-5,8-9,11-12H,6-7,10,13H2,1H3. The number of nitrogens with zero attached hydrogens (tertiary/aromatic N) is 4. The zero-order valence-electron chi connectivity index (χ0n) is 14.4. The van der Waals surface area contributed by atoms with Gasteiger partial charge in [-0.15, -0.1) is 0 Å². The Morgan fingerprint density at radius 1 is 1.15 bits per heavy atom. The third kappa shape index (κ3) is 4.67. The van der Waals surface area contributed by atoms with Crippen LogP contribution in [0.25, 0.3) is 11.4 Å². The Labute approximate surface area is 156 Å². The summed E-state index contributed by atoms with van der Waals surface area (Å²) in [4.78, 5) is 22.3. The Morgan fingerprint density at radius 2 is 1.92 bits per heavy atom. The smallest absolute Gasteiger partial charge is 0.227 e. The summed E-state index contributed by atoms with van der Waals surface area (Å²) in [5, 5.41) is 4.51. The minimum absolute atomic E-state index is 0.0385. The maximum atomic E-state index is 12.3. The summed E-state index contributed by atoms with van der Waals surface area (Å²) in [5.41, 5.74) is 1.87. The van der Waals surface area contributed by atoms with Crippen LogP contribution in [-0.2, 0) is 17.6 Å². The highest BCUT2D eigenvalue weighted by Crippen LogP contribution is 2.25. The highest BCUT2D eigenvalue weighted by Gasteiger charge is 2.14. The van der Waals surface area contributed by atoms with E-state index < -0.39 is 0 Å². The van der Waals surface area contributed by atoms with Gasteiger partial charge in [-0.2, -0.15) is 4.98 Å². The van der Waals surface area contributed by atoms with Crippen LogP contribution in [-0.4, -0.2) is 39.5 Å². The van der Waals surface area contributed by atoms with Crippen LogP contribution in [0, 0.1) is 0 Å². The van der Waals surface area contributed by atoms with E-state index in [1.165, 1.54) is 0 Å². The molecule has 1 aromatic carbocycles. The van der Waals surface area contributed by atoms with Gasteiger partial charge in [0, 0.05) is 44.4 Å². The first kappa shape index (κ1) is 18.1. The molecule has 26 heavy (non-hydrogen) atoms. The zero-order valence-corrected chi connectivity index (χ0v) is 15.2. The fourth-order valence-corrected chi connectivity index (χ4v) is 2.70.